The zero-order valence-electron chi connectivity index (χ0n) is 18.5. The van der Waals surface area contributed by atoms with Crippen molar-refractivity contribution in [1.82, 2.24) is 0 Å². The van der Waals surface area contributed by atoms with E-state index in [4.69, 9.17) is 9.47 Å². The van der Waals surface area contributed by atoms with Crippen LogP contribution in [0, 0.1) is 0 Å². The molecule has 0 amide bonds. The van der Waals surface area contributed by atoms with Crippen LogP contribution >= 0.6 is 0 Å². The first-order valence-electron chi connectivity index (χ1n) is 10.5. The number of hydrogen-bond acceptors (Lipinski definition) is 2. The van der Waals surface area contributed by atoms with Crippen LogP contribution in [0.4, 0.5) is 0 Å². The maximum absolute atomic E-state index is 5.69. The molecule has 4 aromatic rings. The third kappa shape index (κ3) is 4.21. The Morgan fingerprint density at radius 1 is 0.531 bits per heavy atom. The predicted octanol–water partition coefficient (Wildman–Crippen LogP) is 7.49. The van der Waals surface area contributed by atoms with E-state index < -0.39 is 0 Å². The summed E-state index contributed by atoms with van der Waals surface area (Å²) in [5.74, 6) is 1.43. The molecule has 0 atom stereocenters. The van der Waals surface area contributed by atoms with Crippen LogP contribution in [-0.4, -0.2) is 14.2 Å². The molecule has 2 heteroatoms. The topological polar surface area (TPSA) is 18.5 Å². The zero-order valence-corrected chi connectivity index (χ0v) is 18.5. The molecule has 4 aromatic carbocycles. The molecule has 0 unspecified atom stereocenters. The van der Waals surface area contributed by atoms with Gasteiger partial charge in [-0.3, -0.25) is 0 Å². The monoisotopic (exact) mass is 418 g/mol. The molecule has 0 saturated carbocycles. The first kappa shape index (κ1) is 21.2. The van der Waals surface area contributed by atoms with Crippen LogP contribution in [0.25, 0.3) is 22.3 Å². The number of methoxy groups -OCH3 is 2. The van der Waals surface area contributed by atoms with Crippen molar-refractivity contribution >= 4 is 11.1 Å². The normalized spacial score (nSPS) is 10.4. The molecule has 158 valence electrons. The lowest BCUT2D eigenvalue weighted by Gasteiger charge is -2.18. The summed E-state index contributed by atoms with van der Waals surface area (Å²) in [5.41, 5.74) is 8.02. The third-order valence-corrected chi connectivity index (χ3v) is 5.63. The van der Waals surface area contributed by atoms with Crippen molar-refractivity contribution in [2.24, 2.45) is 0 Å². The van der Waals surface area contributed by atoms with Crippen molar-refractivity contribution in [3.05, 3.63) is 132 Å². The molecule has 32 heavy (non-hydrogen) atoms. The maximum atomic E-state index is 5.69. The van der Waals surface area contributed by atoms with E-state index >= 15 is 0 Å². The molecular weight excluding hydrogens is 392 g/mol. The van der Waals surface area contributed by atoms with Gasteiger partial charge in [0.1, 0.15) is 11.5 Å². The minimum absolute atomic E-state index is 0.712. The van der Waals surface area contributed by atoms with Crippen molar-refractivity contribution in [1.29, 1.82) is 0 Å². The molecule has 0 radical (unpaired) electrons. The smallest absolute Gasteiger partial charge is 0.130 e. The summed E-state index contributed by atoms with van der Waals surface area (Å²) in [5, 5.41) is 0. The fourth-order valence-electron chi connectivity index (χ4n) is 3.82. The van der Waals surface area contributed by atoms with Crippen LogP contribution in [0.2, 0.25) is 0 Å². The molecule has 2 nitrogen and oxygen atoms in total. The fraction of sp³-hybridized carbons (Fsp3) is 0.0667. The molecule has 0 bridgehead atoms. The Morgan fingerprint density at radius 3 is 1.47 bits per heavy atom. The highest BCUT2D eigenvalue weighted by Gasteiger charge is 2.17. The molecule has 0 heterocycles. The molecule has 0 N–H and O–H groups in total. The van der Waals surface area contributed by atoms with Crippen LogP contribution in [0.1, 0.15) is 22.3 Å². The van der Waals surface area contributed by atoms with E-state index in [1.165, 1.54) is 11.1 Å². The Morgan fingerprint density at radius 2 is 0.969 bits per heavy atom. The molecule has 0 fully saturated rings. The highest BCUT2D eigenvalue weighted by atomic mass is 16.5. The number of rotatable bonds is 7. The van der Waals surface area contributed by atoms with Crippen LogP contribution in [0.15, 0.2) is 110 Å². The Bertz CT molecular complexity index is 1240. The molecule has 0 aromatic heterocycles. The van der Waals surface area contributed by atoms with Crippen molar-refractivity contribution in [2.75, 3.05) is 14.2 Å². The first-order chi connectivity index (χ1) is 15.6. The van der Waals surface area contributed by atoms with Gasteiger partial charge in [-0.05, 0) is 39.5 Å². The summed E-state index contributed by atoms with van der Waals surface area (Å²) in [7, 11) is 3.32. The van der Waals surface area contributed by atoms with Crippen LogP contribution in [-0.2, 0) is 0 Å². The first-order valence-corrected chi connectivity index (χ1v) is 10.5. The second-order valence-corrected chi connectivity index (χ2v) is 7.52. The summed E-state index contributed by atoms with van der Waals surface area (Å²) in [6.45, 7) is 8.71. The van der Waals surface area contributed by atoms with Gasteiger partial charge in [-0.1, -0.05) is 98.1 Å². The Hall–Kier alpha value is -4.04. The molecule has 0 aliphatic rings. The Labute approximate surface area is 190 Å². The van der Waals surface area contributed by atoms with Gasteiger partial charge in [0.25, 0.3) is 0 Å². The van der Waals surface area contributed by atoms with E-state index in [1.807, 2.05) is 54.6 Å². The lowest BCUT2D eigenvalue weighted by Crippen LogP contribution is -1.99. The second-order valence-electron chi connectivity index (χ2n) is 7.52. The van der Waals surface area contributed by atoms with Crippen molar-refractivity contribution in [3.8, 4) is 22.6 Å². The van der Waals surface area contributed by atoms with Gasteiger partial charge in [0.2, 0.25) is 0 Å². The van der Waals surface area contributed by atoms with E-state index in [0.29, 0.717) is 11.5 Å². The summed E-state index contributed by atoms with van der Waals surface area (Å²) < 4.78 is 11.4. The van der Waals surface area contributed by atoms with Crippen molar-refractivity contribution in [2.45, 2.75) is 0 Å². The lowest BCUT2D eigenvalue weighted by atomic mass is 9.91. The van der Waals surface area contributed by atoms with Crippen LogP contribution in [0.3, 0.4) is 0 Å². The SMILES string of the molecule is C=C(c1ccccc1)c1cc(C(=C)c2ccc(-c3ccccc3)cc2)c(OC)cc1OC. The Balaban J connectivity index is 1.73. The van der Waals surface area contributed by atoms with Gasteiger partial charge in [0, 0.05) is 17.2 Å². The highest BCUT2D eigenvalue weighted by Crippen LogP contribution is 2.39. The quantitative estimate of drug-likeness (QED) is 0.309. The van der Waals surface area contributed by atoms with Crippen molar-refractivity contribution < 1.29 is 9.47 Å². The van der Waals surface area contributed by atoms with E-state index in [-0.39, 0.29) is 0 Å². The average Bonchev–Trinajstić information content (AvgIpc) is 2.88. The molecule has 0 spiro atoms. The molecule has 0 saturated heterocycles. The van der Waals surface area contributed by atoms with Gasteiger partial charge in [0.05, 0.1) is 14.2 Å². The van der Waals surface area contributed by atoms with E-state index in [0.717, 1.165) is 33.4 Å². The molecular formula is C30H26O2. The number of hydrogen-bond donors (Lipinski definition) is 0. The standard InChI is InChI=1S/C30H26O2/c1-21(23-11-7-5-8-12-23)27-19-28(30(32-4)20-29(27)31-3)22(2)24-15-17-26(18-16-24)25-13-9-6-10-14-25/h5-20H,1-2H2,3-4H3. The summed E-state index contributed by atoms with van der Waals surface area (Å²) in [6.07, 6.45) is 0. The summed E-state index contributed by atoms with van der Waals surface area (Å²) >= 11 is 0. The molecule has 4 rings (SSSR count). The minimum atomic E-state index is 0.712. The number of benzene rings is 4. The van der Waals surface area contributed by atoms with Gasteiger partial charge in [-0.15, -0.1) is 0 Å². The summed E-state index contributed by atoms with van der Waals surface area (Å²) in [6, 6.07) is 32.8. The van der Waals surface area contributed by atoms with Gasteiger partial charge in [0.15, 0.2) is 0 Å². The van der Waals surface area contributed by atoms with Crippen LogP contribution in [0.5, 0.6) is 11.5 Å². The average molecular weight is 419 g/mol. The zero-order chi connectivity index (χ0) is 22.5. The van der Waals surface area contributed by atoms with E-state index in [9.17, 15) is 0 Å². The largest absolute Gasteiger partial charge is 0.496 e. The molecule has 0 aliphatic carbocycles. The van der Waals surface area contributed by atoms with E-state index in [1.54, 1.807) is 14.2 Å². The highest BCUT2D eigenvalue weighted by molar-refractivity contribution is 5.88. The third-order valence-electron chi connectivity index (χ3n) is 5.63. The predicted molar refractivity (Wildman–Crippen MR) is 134 cm³/mol. The fourth-order valence-corrected chi connectivity index (χ4v) is 3.82. The summed E-state index contributed by atoms with van der Waals surface area (Å²) in [4.78, 5) is 0. The molecule has 0 aliphatic heterocycles. The lowest BCUT2D eigenvalue weighted by molar-refractivity contribution is 0.393. The van der Waals surface area contributed by atoms with Crippen molar-refractivity contribution in [3.63, 3.8) is 0 Å². The minimum Gasteiger partial charge on any atom is -0.496 e. The van der Waals surface area contributed by atoms with Gasteiger partial charge >= 0.3 is 0 Å². The van der Waals surface area contributed by atoms with Crippen LogP contribution < -0.4 is 9.47 Å². The second kappa shape index (κ2) is 9.40. The maximum Gasteiger partial charge on any atom is 0.130 e. The Kier molecular flexibility index (Phi) is 6.23. The van der Waals surface area contributed by atoms with E-state index in [2.05, 4.69) is 55.6 Å². The number of ether oxygens (including phenoxy) is 2. The van der Waals surface area contributed by atoms with Gasteiger partial charge < -0.3 is 9.47 Å². The van der Waals surface area contributed by atoms with Gasteiger partial charge in [-0.25, -0.2) is 0 Å². The van der Waals surface area contributed by atoms with Gasteiger partial charge in [-0.2, -0.15) is 0 Å².